The zero-order valence-corrected chi connectivity index (χ0v) is 39.3. The molecule has 0 radical (unpaired) electrons. The normalized spacial score (nSPS) is 52.4. The van der Waals surface area contributed by atoms with E-state index in [0.717, 1.165) is 5.57 Å². The summed E-state index contributed by atoms with van der Waals surface area (Å²) in [6.07, 6.45) is -20.8. The van der Waals surface area contributed by atoms with Crippen LogP contribution in [0.25, 0.3) is 0 Å². The van der Waals surface area contributed by atoms with Gasteiger partial charge in [0.25, 0.3) is 0 Å². The summed E-state index contributed by atoms with van der Waals surface area (Å²) in [6, 6.07) is 0. The summed E-state index contributed by atoms with van der Waals surface area (Å²) < 4.78 is 40.8. The molecule has 8 fully saturated rings. The van der Waals surface area contributed by atoms with Gasteiger partial charge in [-0.05, 0) is 91.9 Å². The molecule has 11 N–H and O–H groups in total. The van der Waals surface area contributed by atoms with Crippen LogP contribution in [0.3, 0.4) is 0 Å². The SMILES string of the molecule is C=C(C)[C@@H]1CC[C@]2(C(=O)O[C@@H]3O[C@H](COC4O[C@H](CO)[C@@H](O[C@@H]5C[C@@H](CO)O[C@@H](O)[C@H]5O)[C@H](O)[C@H]4O)[C@@H](O)[C@H](O)[C@H]3O)CC[C@]3(C)[C@H](C[C@H]4OC(=O)C[C@@H](O)[C@]5(C)[C@@H]4[C@@]3(C)CC[C@H]5C(=C)CO)[C@H]12. The summed E-state index contributed by atoms with van der Waals surface area (Å²) in [5.41, 5.74) is -1.43. The van der Waals surface area contributed by atoms with E-state index in [-0.39, 0.29) is 49.0 Å². The van der Waals surface area contributed by atoms with Crippen molar-refractivity contribution in [2.45, 2.75) is 184 Å². The average molecular weight is 971 g/mol. The molecule has 1 unspecified atom stereocenters. The van der Waals surface area contributed by atoms with Gasteiger partial charge >= 0.3 is 11.9 Å². The van der Waals surface area contributed by atoms with Gasteiger partial charge < -0.3 is 89.3 Å². The largest absolute Gasteiger partial charge is 0.462 e. The molecule has 0 aromatic rings. The minimum atomic E-state index is -1.90. The van der Waals surface area contributed by atoms with Gasteiger partial charge in [0.1, 0.15) is 61.0 Å². The van der Waals surface area contributed by atoms with Gasteiger partial charge in [-0.15, -0.1) is 0 Å². The van der Waals surface area contributed by atoms with Crippen molar-refractivity contribution in [2.24, 2.45) is 51.2 Å². The molecule has 20 heteroatoms. The molecule has 4 heterocycles. The Bertz CT molecular complexity index is 1880. The van der Waals surface area contributed by atoms with Crippen molar-refractivity contribution in [3.05, 3.63) is 24.3 Å². The van der Waals surface area contributed by atoms with E-state index >= 15 is 4.79 Å². The lowest BCUT2D eigenvalue weighted by Crippen LogP contribution is -2.69. The van der Waals surface area contributed by atoms with Crippen molar-refractivity contribution in [1.82, 2.24) is 0 Å². The van der Waals surface area contributed by atoms with Crippen LogP contribution in [0.5, 0.6) is 0 Å². The van der Waals surface area contributed by atoms with E-state index in [0.29, 0.717) is 50.5 Å². The monoisotopic (exact) mass is 970 g/mol. The molecule has 0 bridgehead atoms. The fourth-order valence-corrected chi connectivity index (χ4v) is 15.0. The third-order valence-corrected chi connectivity index (χ3v) is 18.8. The number of ether oxygens (including phenoxy) is 7. The lowest BCUT2D eigenvalue weighted by atomic mass is 9.33. The molecule has 0 aromatic carbocycles. The van der Waals surface area contributed by atoms with Crippen molar-refractivity contribution in [3.8, 4) is 0 Å². The standard InChI is InChI=1S/C48H74O20/c1-20(2)23-7-10-48(12-11-45(4)25(32(23)48)14-27-40-46(45,5)9-8-24(21(3)16-49)47(40,6)30(52)15-31(53)64-27)44(61)68-43-37(58)35(56)33(54)29(67-43)19-62-42-38(59)36(57)39(28(18-51)66-42)65-26-13-22(17-50)63-41(60)34(26)55/h22-30,32-43,49-52,54-60H,1,3,7-19H2,2,4-6H3/t22-,23-,24-,25+,26+,27+,28+,29+,30+,32-,33+,34-,35-,36+,37+,38+,39+,40-,41+,42?,43-,45+,46+,47+,48-/m0/s1. The minimum absolute atomic E-state index is 0.105. The summed E-state index contributed by atoms with van der Waals surface area (Å²) >= 11 is 0. The smallest absolute Gasteiger partial charge is 0.314 e. The third-order valence-electron chi connectivity index (χ3n) is 18.8. The summed E-state index contributed by atoms with van der Waals surface area (Å²) in [6.45, 7) is 14.8. The van der Waals surface area contributed by atoms with E-state index in [2.05, 4.69) is 27.0 Å². The highest BCUT2D eigenvalue weighted by molar-refractivity contribution is 5.78. The maximum Gasteiger partial charge on any atom is 0.314 e. The van der Waals surface area contributed by atoms with Crippen molar-refractivity contribution < 1.29 is 98.9 Å². The zero-order chi connectivity index (χ0) is 49.6. The number of aliphatic hydroxyl groups excluding tert-OH is 11. The van der Waals surface area contributed by atoms with Crippen LogP contribution in [0.1, 0.15) is 85.5 Å². The molecule has 20 nitrogen and oxygen atoms in total. The summed E-state index contributed by atoms with van der Waals surface area (Å²) in [5, 5.41) is 118. The molecular formula is C48H74O20. The van der Waals surface area contributed by atoms with E-state index in [1.807, 2.05) is 13.8 Å². The first kappa shape index (κ1) is 52.1. The first-order chi connectivity index (χ1) is 32.0. The van der Waals surface area contributed by atoms with Gasteiger partial charge in [0, 0.05) is 17.8 Å². The highest BCUT2D eigenvalue weighted by Gasteiger charge is 2.75. The maximum absolute atomic E-state index is 15.1. The number of hydrogen-bond donors (Lipinski definition) is 11. The molecular weight excluding hydrogens is 897 g/mol. The predicted octanol–water partition coefficient (Wildman–Crippen LogP) is -1.32. The van der Waals surface area contributed by atoms with Crippen LogP contribution in [-0.2, 0) is 42.7 Å². The van der Waals surface area contributed by atoms with Crippen LogP contribution in [0.15, 0.2) is 24.3 Å². The van der Waals surface area contributed by atoms with Crippen molar-refractivity contribution in [3.63, 3.8) is 0 Å². The Morgan fingerprint density at radius 2 is 1.46 bits per heavy atom. The predicted molar refractivity (Wildman–Crippen MR) is 232 cm³/mol. The van der Waals surface area contributed by atoms with Crippen LogP contribution in [0.4, 0.5) is 0 Å². The van der Waals surface area contributed by atoms with E-state index < -0.39 is 152 Å². The molecule has 8 rings (SSSR count). The summed E-state index contributed by atoms with van der Waals surface area (Å²) in [5.74, 6) is -2.45. The lowest BCUT2D eigenvalue weighted by Gasteiger charge is -2.71. The first-order valence-corrected chi connectivity index (χ1v) is 24.3. The second kappa shape index (κ2) is 19.3. The number of fused-ring (bicyclic) bond motifs is 4. The average Bonchev–Trinajstić information content (AvgIpc) is 3.67. The molecule has 0 amide bonds. The second-order valence-corrected chi connectivity index (χ2v) is 22.0. The Kier molecular flexibility index (Phi) is 14.8. The van der Waals surface area contributed by atoms with Gasteiger partial charge in [-0.2, -0.15) is 0 Å². The molecule has 0 aromatic heterocycles. The first-order valence-electron chi connectivity index (χ1n) is 24.3. The lowest BCUT2D eigenvalue weighted by molar-refractivity contribution is -0.342. The van der Waals surface area contributed by atoms with Crippen LogP contribution in [-0.4, -0.2) is 193 Å². The van der Waals surface area contributed by atoms with Gasteiger partial charge in [0.15, 0.2) is 12.6 Å². The number of rotatable bonds is 12. The van der Waals surface area contributed by atoms with Crippen LogP contribution in [0, 0.1) is 51.2 Å². The van der Waals surface area contributed by atoms with E-state index in [9.17, 15) is 61.0 Å². The number of hydrogen-bond acceptors (Lipinski definition) is 20. The fraction of sp³-hybridized carbons (Fsp3) is 0.875. The number of carbonyl (C=O) groups is 2. The third kappa shape index (κ3) is 8.23. The van der Waals surface area contributed by atoms with Gasteiger partial charge in [0.05, 0.1) is 56.6 Å². The molecule has 4 aliphatic carbocycles. The van der Waals surface area contributed by atoms with E-state index in [1.165, 1.54) is 0 Å². The van der Waals surface area contributed by atoms with E-state index in [4.69, 9.17) is 33.2 Å². The van der Waals surface area contributed by atoms with Gasteiger partial charge in [-0.25, -0.2) is 0 Å². The fourth-order valence-electron chi connectivity index (χ4n) is 15.0. The Morgan fingerprint density at radius 1 is 0.765 bits per heavy atom. The van der Waals surface area contributed by atoms with Crippen molar-refractivity contribution in [1.29, 1.82) is 0 Å². The summed E-state index contributed by atoms with van der Waals surface area (Å²) in [7, 11) is 0. The van der Waals surface area contributed by atoms with Gasteiger partial charge in [0.2, 0.25) is 6.29 Å². The highest BCUT2D eigenvalue weighted by atomic mass is 16.7. The molecule has 4 aliphatic heterocycles. The topological polar surface area (TPSA) is 321 Å². The second-order valence-electron chi connectivity index (χ2n) is 22.0. The molecule has 25 atom stereocenters. The number of carbonyl (C=O) groups excluding carboxylic acids is 2. The molecule has 4 saturated heterocycles. The molecule has 68 heavy (non-hydrogen) atoms. The zero-order valence-electron chi connectivity index (χ0n) is 39.3. The number of esters is 2. The Morgan fingerprint density at radius 3 is 2.12 bits per heavy atom. The quantitative estimate of drug-likeness (QED) is 0.0798. The van der Waals surface area contributed by atoms with Crippen LogP contribution < -0.4 is 0 Å². The molecule has 386 valence electrons. The van der Waals surface area contributed by atoms with Gasteiger partial charge in [-0.1, -0.05) is 39.5 Å². The minimum Gasteiger partial charge on any atom is -0.462 e. The number of allylic oxidation sites excluding steroid dienone is 1. The Labute approximate surface area is 395 Å². The van der Waals surface area contributed by atoms with Crippen LogP contribution >= 0.6 is 0 Å². The molecule has 4 saturated carbocycles. The van der Waals surface area contributed by atoms with Crippen LogP contribution in [0.2, 0.25) is 0 Å². The van der Waals surface area contributed by atoms with E-state index in [1.54, 1.807) is 0 Å². The Balaban J connectivity index is 1.00. The van der Waals surface area contributed by atoms with Gasteiger partial charge in [-0.3, -0.25) is 9.59 Å². The Hall–Kier alpha value is -2.22. The molecule has 8 aliphatic rings. The highest BCUT2D eigenvalue weighted by Crippen LogP contribution is 2.77. The summed E-state index contributed by atoms with van der Waals surface area (Å²) in [4.78, 5) is 28.5. The number of aliphatic hydroxyl groups is 11. The molecule has 0 spiro atoms. The van der Waals surface area contributed by atoms with Crippen molar-refractivity contribution in [2.75, 3.05) is 26.4 Å². The van der Waals surface area contributed by atoms with Crippen molar-refractivity contribution >= 4 is 11.9 Å². The maximum atomic E-state index is 15.1.